The second-order valence-electron chi connectivity index (χ2n) is 5.21. The summed E-state index contributed by atoms with van der Waals surface area (Å²) >= 11 is 6.09. The lowest BCUT2D eigenvalue weighted by molar-refractivity contribution is -0.123. The van der Waals surface area contributed by atoms with Gasteiger partial charge in [-0.25, -0.2) is 0 Å². The standard InChI is InChI=1S/C13H16ClN3O3.ClH/c1-13(2,6-15)12(19)17-8-4-10-9(3-7(8)14)16-11(18)5-20-10;/h3-4H,5-6,15H2,1-2H3,(H,16,18)(H,17,19);1H. The number of nitrogens with one attached hydrogen (secondary N) is 2. The average molecular weight is 334 g/mol. The number of carbonyl (C=O) groups is 2. The van der Waals surface area contributed by atoms with Crippen LogP contribution in [0.1, 0.15) is 13.8 Å². The Morgan fingerprint density at radius 1 is 1.52 bits per heavy atom. The summed E-state index contributed by atoms with van der Waals surface area (Å²) in [5, 5.41) is 5.68. The molecule has 1 aliphatic rings. The molecule has 1 aliphatic heterocycles. The van der Waals surface area contributed by atoms with Crippen LogP contribution in [0.5, 0.6) is 5.75 Å². The minimum absolute atomic E-state index is 0. The molecule has 0 aromatic heterocycles. The van der Waals surface area contributed by atoms with Gasteiger partial charge in [0.25, 0.3) is 5.91 Å². The number of fused-ring (bicyclic) bond motifs is 1. The van der Waals surface area contributed by atoms with Crippen molar-refractivity contribution in [1.29, 1.82) is 0 Å². The number of rotatable bonds is 3. The molecule has 1 aromatic carbocycles. The number of ether oxygens (including phenoxy) is 1. The SMILES string of the molecule is CC(C)(CN)C(=O)Nc1cc2c(cc1Cl)NC(=O)CO2.Cl. The van der Waals surface area contributed by atoms with E-state index in [1.165, 1.54) is 0 Å². The van der Waals surface area contributed by atoms with Crippen LogP contribution in [-0.4, -0.2) is 25.0 Å². The molecule has 2 amide bonds. The highest BCUT2D eigenvalue weighted by Crippen LogP contribution is 2.36. The number of nitrogens with two attached hydrogens (primary N) is 1. The van der Waals surface area contributed by atoms with Crippen LogP contribution >= 0.6 is 24.0 Å². The van der Waals surface area contributed by atoms with E-state index in [0.29, 0.717) is 22.1 Å². The zero-order valence-corrected chi connectivity index (χ0v) is 13.2. The summed E-state index contributed by atoms with van der Waals surface area (Å²) in [5.41, 5.74) is 5.77. The van der Waals surface area contributed by atoms with E-state index in [1.54, 1.807) is 26.0 Å². The van der Waals surface area contributed by atoms with Gasteiger partial charge in [-0.05, 0) is 19.9 Å². The van der Waals surface area contributed by atoms with E-state index in [0.717, 1.165) is 0 Å². The van der Waals surface area contributed by atoms with Crippen LogP contribution < -0.4 is 21.1 Å². The second-order valence-corrected chi connectivity index (χ2v) is 5.61. The maximum Gasteiger partial charge on any atom is 0.262 e. The Labute approximate surface area is 133 Å². The zero-order valence-electron chi connectivity index (χ0n) is 11.7. The molecule has 0 spiro atoms. The second kappa shape index (κ2) is 6.51. The van der Waals surface area contributed by atoms with Gasteiger partial charge >= 0.3 is 0 Å². The van der Waals surface area contributed by atoms with Gasteiger partial charge in [0.15, 0.2) is 6.61 Å². The molecule has 0 fully saturated rings. The molecule has 8 heteroatoms. The van der Waals surface area contributed by atoms with Crippen molar-refractivity contribution in [2.45, 2.75) is 13.8 Å². The molecule has 1 heterocycles. The van der Waals surface area contributed by atoms with Crippen molar-refractivity contribution in [2.24, 2.45) is 11.1 Å². The van der Waals surface area contributed by atoms with Crippen molar-refractivity contribution in [3.63, 3.8) is 0 Å². The fourth-order valence-corrected chi connectivity index (χ4v) is 1.79. The molecule has 0 saturated heterocycles. The highest BCUT2D eigenvalue weighted by molar-refractivity contribution is 6.34. The molecule has 1 aromatic rings. The molecule has 6 nitrogen and oxygen atoms in total. The van der Waals surface area contributed by atoms with E-state index < -0.39 is 5.41 Å². The van der Waals surface area contributed by atoms with Gasteiger partial charge in [-0.2, -0.15) is 0 Å². The molecule has 116 valence electrons. The Hall–Kier alpha value is -1.50. The van der Waals surface area contributed by atoms with Crippen molar-refractivity contribution < 1.29 is 14.3 Å². The first-order valence-corrected chi connectivity index (χ1v) is 6.49. The molecule has 0 aliphatic carbocycles. The molecular formula is C13H17Cl2N3O3. The van der Waals surface area contributed by atoms with Crippen LogP contribution in [-0.2, 0) is 9.59 Å². The van der Waals surface area contributed by atoms with E-state index in [4.69, 9.17) is 22.1 Å². The van der Waals surface area contributed by atoms with Gasteiger partial charge in [0.2, 0.25) is 5.91 Å². The zero-order chi connectivity index (χ0) is 14.9. The van der Waals surface area contributed by atoms with Crippen LogP contribution in [0.15, 0.2) is 12.1 Å². The van der Waals surface area contributed by atoms with Crippen molar-refractivity contribution in [3.8, 4) is 5.75 Å². The van der Waals surface area contributed by atoms with Gasteiger partial charge in [-0.3, -0.25) is 9.59 Å². The normalized spacial score (nSPS) is 13.4. The number of halogens is 2. The molecule has 21 heavy (non-hydrogen) atoms. The van der Waals surface area contributed by atoms with E-state index in [-0.39, 0.29) is 37.4 Å². The van der Waals surface area contributed by atoms with Gasteiger partial charge in [0.05, 0.1) is 21.8 Å². The lowest BCUT2D eigenvalue weighted by atomic mass is 9.92. The fourth-order valence-electron chi connectivity index (χ4n) is 1.58. The minimum Gasteiger partial charge on any atom is -0.482 e. The smallest absolute Gasteiger partial charge is 0.262 e. The Morgan fingerprint density at radius 2 is 2.19 bits per heavy atom. The van der Waals surface area contributed by atoms with Gasteiger partial charge in [-0.1, -0.05) is 11.6 Å². The molecular weight excluding hydrogens is 317 g/mol. The van der Waals surface area contributed by atoms with Gasteiger partial charge in [-0.15, -0.1) is 12.4 Å². The third kappa shape index (κ3) is 3.78. The van der Waals surface area contributed by atoms with Crippen molar-refractivity contribution in [1.82, 2.24) is 0 Å². The molecule has 0 saturated carbocycles. The Kier molecular flexibility index (Phi) is 5.44. The van der Waals surface area contributed by atoms with Crippen LogP contribution in [0.25, 0.3) is 0 Å². The molecule has 0 bridgehead atoms. The van der Waals surface area contributed by atoms with Crippen LogP contribution in [0, 0.1) is 5.41 Å². The topological polar surface area (TPSA) is 93.5 Å². The summed E-state index contributed by atoms with van der Waals surface area (Å²) in [6.45, 7) is 3.64. The molecule has 0 atom stereocenters. The van der Waals surface area contributed by atoms with Crippen molar-refractivity contribution in [3.05, 3.63) is 17.2 Å². The highest BCUT2D eigenvalue weighted by atomic mass is 35.5. The van der Waals surface area contributed by atoms with Gasteiger partial charge in [0.1, 0.15) is 5.75 Å². The van der Waals surface area contributed by atoms with E-state index in [1.807, 2.05) is 0 Å². The lowest BCUT2D eigenvalue weighted by Gasteiger charge is -2.23. The first-order chi connectivity index (χ1) is 9.33. The summed E-state index contributed by atoms with van der Waals surface area (Å²) in [6, 6.07) is 3.13. The Balaban J connectivity index is 0.00000220. The monoisotopic (exact) mass is 333 g/mol. The number of anilines is 2. The first-order valence-electron chi connectivity index (χ1n) is 6.11. The number of carbonyl (C=O) groups excluding carboxylic acids is 2. The lowest BCUT2D eigenvalue weighted by Crippen LogP contribution is -2.37. The van der Waals surface area contributed by atoms with Gasteiger partial charge in [0, 0.05) is 12.6 Å². The highest BCUT2D eigenvalue weighted by Gasteiger charge is 2.27. The minimum atomic E-state index is -0.700. The number of amides is 2. The number of hydrogen-bond donors (Lipinski definition) is 3. The quantitative estimate of drug-likeness (QED) is 0.788. The number of benzene rings is 1. The third-order valence-corrected chi connectivity index (χ3v) is 3.39. The van der Waals surface area contributed by atoms with Crippen LogP contribution in [0.3, 0.4) is 0 Å². The van der Waals surface area contributed by atoms with Crippen LogP contribution in [0.2, 0.25) is 5.02 Å². The maximum absolute atomic E-state index is 12.1. The molecule has 2 rings (SSSR count). The first kappa shape index (κ1) is 17.6. The maximum atomic E-state index is 12.1. The van der Waals surface area contributed by atoms with Crippen LogP contribution in [0.4, 0.5) is 11.4 Å². The molecule has 4 N–H and O–H groups in total. The predicted molar refractivity (Wildman–Crippen MR) is 84.3 cm³/mol. The molecule has 0 unspecified atom stereocenters. The van der Waals surface area contributed by atoms with Gasteiger partial charge < -0.3 is 21.1 Å². The summed E-state index contributed by atoms with van der Waals surface area (Å²) in [6.07, 6.45) is 0. The Morgan fingerprint density at radius 3 is 2.81 bits per heavy atom. The summed E-state index contributed by atoms with van der Waals surface area (Å²) in [4.78, 5) is 23.3. The summed E-state index contributed by atoms with van der Waals surface area (Å²) < 4.78 is 5.28. The average Bonchev–Trinajstić information content (AvgIpc) is 2.39. The van der Waals surface area contributed by atoms with E-state index in [9.17, 15) is 9.59 Å². The van der Waals surface area contributed by atoms with E-state index >= 15 is 0 Å². The third-order valence-electron chi connectivity index (χ3n) is 3.08. The fraction of sp³-hybridized carbons (Fsp3) is 0.385. The van der Waals surface area contributed by atoms with Crippen molar-refractivity contribution in [2.75, 3.05) is 23.8 Å². The number of hydrogen-bond acceptors (Lipinski definition) is 4. The predicted octanol–water partition coefficient (Wildman–Crippen LogP) is 2.02. The largest absolute Gasteiger partial charge is 0.482 e. The van der Waals surface area contributed by atoms with Crippen molar-refractivity contribution >= 4 is 47.2 Å². The summed E-state index contributed by atoms with van der Waals surface area (Å²) in [7, 11) is 0. The van der Waals surface area contributed by atoms with E-state index in [2.05, 4.69) is 10.6 Å². The summed E-state index contributed by atoms with van der Waals surface area (Å²) in [5.74, 6) is -0.00818. The Bertz CT molecular complexity index is 576. The molecule has 0 radical (unpaired) electrons.